The normalized spacial score (nSPS) is 23.2. The first-order chi connectivity index (χ1) is 7.61. The first-order valence-corrected chi connectivity index (χ1v) is 7.14. The maximum Gasteiger partial charge on any atom is 0.214 e. The zero-order valence-corrected chi connectivity index (χ0v) is 10.2. The van der Waals surface area contributed by atoms with Crippen LogP contribution in [0.1, 0.15) is 12.8 Å². The number of nitrogens with zero attached hydrogens (tertiary/aromatic N) is 1. The van der Waals surface area contributed by atoms with Crippen LogP contribution < -0.4 is 5.32 Å². The van der Waals surface area contributed by atoms with Crippen LogP contribution in [0.25, 0.3) is 0 Å². The third-order valence-electron chi connectivity index (χ3n) is 2.67. The Bertz CT molecular complexity index is 316. The van der Waals surface area contributed by atoms with Crippen molar-refractivity contribution in [3.8, 4) is 0 Å². The fourth-order valence-corrected chi connectivity index (χ4v) is 3.52. The molecule has 1 saturated heterocycles. The van der Waals surface area contributed by atoms with Gasteiger partial charge < -0.3 is 10.4 Å². The number of piperazine rings is 1. The molecule has 5 nitrogen and oxygen atoms in total. The maximum atomic E-state index is 12.0. The maximum absolute atomic E-state index is 12.0. The summed E-state index contributed by atoms with van der Waals surface area (Å²) in [6.07, 6.45) is 3.01. The average Bonchev–Trinajstić information content (AvgIpc) is 2.29. The molecule has 1 aliphatic rings. The van der Waals surface area contributed by atoms with Crippen molar-refractivity contribution >= 4 is 10.0 Å². The summed E-state index contributed by atoms with van der Waals surface area (Å²) in [7, 11) is -3.23. The van der Waals surface area contributed by atoms with Crippen LogP contribution in [0.15, 0.2) is 12.7 Å². The van der Waals surface area contributed by atoms with Gasteiger partial charge in [0.05, 0.1) is 18.4 Å². The summed E-state index contributed by atoms with van der Waals surface area (Å²) in [5.74, 6) is 0.134. The number of allylic oxidation sites excluding steroid dienone is 1. The molecule has 1 aliphatic heterocycles. The molecule has 0 amide bonds. The number of sulfonamides is 1. The SMILES string of the molecule is C=CCCCS(=O)(=O)N1CCNCC1CO. The fourth-order valence-electron chi connectivity index (χ4n) is 1.79. The van der Waals surface area contributed by atoms with Crippen molar-refractivity contribution < 1.29 is 13.5 Å². The number of hydrogen-bond donors (Lipinski definition) is 2. The average molecular weight is 248 g/mol. The largest absolute Gasteiger partial charge is 0.395 e. The summed E-state index contributed by atoms with van der Waals surface area (Å²) in [6, 6.07) is -0.317. The Morgan fingerprint density at radius 1 is 1.56 bits per heavy atom. The Morgan fingerprint density at radius 2 is 2.31 bits per heavy atom. The monoisotopic (exact) mass is 248 g/mol. The molecule has 0 bridgehead atoms. The van der Waals surface area contributed by atoms with Gasteiger partial charge in [-0.25, -0.2) is 8.42 Å². The first kappa shape index (κ1) is 13.6. The van der Waals surface area contributed by atoms with E-state index in [0.717, 1.165) is 0 Å². The van der Waals surface area contributed by atoms with Crippen molar-refractivity contribution in [2.45, 2.75) is 18.9 Å². The predicted octanol–water partition coefficient (Wildman–Crippen LogP) is -0.451. The minimum Gasteiger partial charge on any atom is -0.395 e. The summed E-state index contributed by atoms with van der Waals surface area (Å²) in [6.45, 7) is 5.06. The van der Waals surface area contributed by atoms with Crippen LogP contribution in [0.3, 0.4) is 0 Å². The third-order valence-corrected chi connectivity index (χ3v) is 4.67. The van der Waals surface area contributed by atoms with E-state index in [0.29, 0.717) is 32.5 Å². The Hall–Kier alpha value is -0.430. The fraction of sp³-hybridized carbons (Fsp3) is 0.800. The van der Waals surface area contributed by atoms with Crippen molar-refractivity contribution in [2.75, 3.05) is 32.0 Å². The van der Waals surface area contributed by atoms with Gasteiger partial charge in [0.25, 0.3) is 0 Å². The molecule has 1 unspecified atom stereocenters. The van der Waals surface area contributed by atoms with Gasteiger partial charge in [0, 0.05) is 19.6 Å². The van der Waals surface area contributed by atoms with Crippen molar-refractivity contribution in [3.63, 3.8) is 0 Å². The van der Waals surface area contributed by atoms with E-state index in [9.17, 15) is 8.42 Å². The van der Waals surface area contributed by atoms with E-state index in [-0.39, 0.29) is 18.4 Å². The molecule has 16 heavy (non-hydrogen) atoms. The Kier molecular flexibility index (Phi) is 5.40. The third kappa shape index (κ3) is 3.55. The van der Waals surface area contributed by atoms with Gasteiger partial charge in [-0.2, -0.15) is 4.31 Å². The second-order valence-corrected chi connectivity index (χ2v) is 5.94. The zero-order valence-electron chi connectivity index (χ0n) is 9.43. The molecule has 0 spiro atoms. The highest BCUT2D eigenvalue weighted by Crippen LogP contribution is 2.11. The minimum atomic E-state index is -3.23. The van der Waals surface area contributed by atoms with Crippen LogP contribution in [-0.4, -0.2) is 55.9 Å². The topological polar surface area (TPSA) is 69.6 Å². The second-order valence-electron chi connectivity index (χ2n) is 3.90. The van der Waals surface area contributed by atoms with E-state index in [1.807, 2.05) is 0 Å². The van der Waals surface area contributed by atoms with E-state index in [4.69, 9.17) is 5.11 Å². The number of aliphatic hydroxyl groups excluding tert-OH is 1. The van der Waals surface area contributed by atoms with Gasteiger partial charge in [0.1, 0.15) is 0 Å². The summed E-state index contributed by atoms with van der Waals surface area (Å²) in [5, 5.41) is 12.2. The van der Waals surface area contributed by atoms with Crippen molar-refractivity contribution in [2.24, 2.45) is 0 Å². The lowest BCUT2D eigenvalue weighted by atomic mass is 10.2. The van der Waals surface area contributed by atoms with Crippen LogP contribution in [0.2, 0.25) is 0 Å². The summed E-state index contributed by atoms with van der Waals surface area (Å²) < 4.78 is 25.4. The summed E-state index contributed by atoms with van der Waals surface area (Å²) in [4.78, 5) is 0. The number of rotatable bonds is 6. The smallest absolute Gasteiger partial charge is 0.214 e. The first-order valence-electron chi connectivity index (χ1n) is 5.54. The van der Waals surface area contributed by atoms with E-state index < -0.39 is 10.0 Å². The highest BCUT2D eigenvalue weighted by molar-refractivity contribution is 7.89. The van der Waals surface area contributed by atoms with Gasteiger partial charge >= 0.3 is 0 Å². The lowest BCUT2D eigenvalue weighted by Gasteiger charge is -2.34. The van der Waals surface area contributed by atoms with Gasteiger partial charge in [-0.05, 0) is 12.8 Å². The van der Waals surface area contributed by atoms with Gasteiger partial charge in [-0.1, -0.05) is 6.08 Å². The van der Waals surface area contributed by atoms with Crippen molar-refractivity contribution in [1.29, 1.82) is 0 Å². The molecule has 1 rings (SSSR count). The highest BCUT2D eigenvalue weighted by Gasteiger charge is 2.30. The lowest BCUT2D eigenvalue weighted by molar-refractivity contribution is 0.165. The van der Waals surface area contributed by atoms with E-state index in [2.05, 4.69) is 11.9 Å². The highest BCUT2D eigenvalue weighted by atomic mass is 32.2. The minimum absolute atomic E-state index is 0.131. The van der Waals surface area contributed by atoms with Crippen LogP contribution in [-0.2, 0) is 10.0 Å². The Labute approximate surface area is 97.2 Å². The summed E-state index contributed by atoms with van der Waals surface area (Å²) in [5.41, 5.74) is 0. The molecule has 0 saturated carbocycles. The van der Waals surface area contributed by atoms with E-state index in [1.165, 1.54) is 4.31 Å². The van der Waals surface area contributed by atoms with Gasteiger partial charge in [-0.3, -0.25) is 0 Å². The standard InChI is InChI=1S/C10H20N2O3S/c1-2-3-4-7-16(14,15)12-6-5-11-8-10(12)9-13/h2,10-11,13H,1,3-9H2. The second kappa shape index (κ2) is 6.34. The van der Waals surface area contributed by atoms with E-state index >= 15 is 0 Å². The molecule has 1 fully saturated rings. The molecular weight excluding hydrogens is 228 g/mol. The van der Waals surface area contributed by atoms with Crippen LogP contribution in [0.5, 0.6) is 0 Å². The predicted molar refractivity (Wildman–Crippen MR) is 63.7 cm³/mol. The number of unbranched alkanes of at least 4 members (excludes halogenated alkanes) is 1. The van der Waals surface area contributed by atoms with Crippen molar-refractivity contribution in [1.82, 2.24) is 9.62 Å². The molecule has 0 aliphatic carbocycles. The van der Waals surface area contributed by atoms with Crippen LogP contribution in [0.4, 0.5) is 0 Å². The molecule has 1 heterocycles. The quantitative estimate of drug-likeness (QED) is 0.493. The molecule has 94 valence electrons. The number of aliphatic hydroxyl groups is 1. The molecule has 0 aromatic carbocycles. The molecule has 0 aromatic heterocycles. The molecule has 2 N–H and O–H groups in total. The van der Waals surface area contributed by atoms with Gasteiger partial charge in [0.2, 0.25) is 10.0 Å². The molecular formula is C10H20N2O3S. The number of nitrogens with one attached hydrogen (secondary N) is 1. The van der Waals surface area contributed by atoms with Crippen molar-refractivity contribution in [3.05, 3.63) is 12.7 Å². The molecule has 1 atom stereocenters. The lowest BCUT2D eigenvalue weighted by Crippen LogP contribution is -2.55. The Morgan fingerprint density at radius 3 is 2.94 bits per heavy atom. The zero-order chi connectivity index (χ0) is 12.0. The van der Waals surface area contributed by atoms with Gasteiger partial charge in [-0.15, -0.1) is 6.58 Å². The van der Waals surface area contributed by atoms with Crippen LogP contribution >= 0.6 is 0 Å². The molecule has 6 heteroatoms. The Balaban J connectivity index is 2.61. The van der Waals surface area contributed by atoms with Crippen LogP contribution in [0, 0.1) is 0 Å². The summed E-state index contributed by atoms with van der Waals surface area (Å²) >= 11 is 0. The van der Waals surface area contributed by atoms with E-state index in [1.54, 1.807) is 6.08 Å². The molecule has 0 radical (unpaired) electrons. The number of hydrogen-bond acceptors (Lipinski definition) is 4. The molecule has 0 aromatic rings. The van der Waals surface area contributed by atoms with Gasteiger partial charge in [0.15, 0.2) is 0 Å².